The van der Waals surface area contributed by atoms with E-state index in [1.54, 1.807) is 12.4 Å². The zero-order chi connectivity index (χ0) is 23.2. The Morgan fingerprint density at radius 1 is 1.16 bits per heavy atom. The van der Waals surface area contributed by atoms with Crippen LogP contribution in [0.15, 0.2) is 30.6 Å². The molecule has 7 nitrogen and oxygen atoms in total. The second kappa shape index (κ2) is 8.30. The molecule has 170 valence electrons. The number of aromatic nitrogens is 2. The van der Waals surface area contributed by atoms with Crippen molar-refractivity contribution >= 4 is 28.9 Å². The van der Waals surface area contributed by atoms with Gasteiger partial charge in [0.25, 0.3) is 0 Å². The molecular weight excluding hydrogens is 408 g/mol. The summed E-state index contributed by atoms with van der Waals surface area (Å²) in [5.41, 5.74) is 3.69. The molecule has 2 aliphatic heterocycles. The molecule has 0 bridgehead atoms. The number of imidazole rings is 1. The summed E-state index contributed by atoms with van der Waals surface area (Å²) >= 11 is 0. The minimum atomic E-state index is -0.846. The summed E-state index contributed by atoms with van der Waals surface area (Å²) in [5, 5.41) is 0. The Hall–Kier alpha value is -2.77. The third-order valence-corrected chi connectivity index (χ3v) is 6.17. The van der Waals surface area contributed by atoms with Gasteiger partial charge in [-0.25, -0.2) is 9.78 Å². The first-order valence-electron chi connectivity index (χ1n) is 11.0. The highest BCUT2D eigenvalue weighted by molar-refractivity contribution is 6.02. The third kappa shape index (κ3) is 4.14. The zero-order valence-corrected chi connectivity index (χ0v) is 19.4. The Morgan fingerprint density at radius 2 is 1.91 bits per heavy atom. The molecule has 0 saturated carbocycles. The number of aryl methyl sites for hydroxylation is 2. The predicted molar refractivity (Wildman–Crippen MR) is 121 cm³/mol. The number of carbonyl (C=O) groups is 2. The maximum Gasteiger partial charge on any atom is 0.339 e. The maximum absolute atomic E-state index is 13.2. The fourth-order valence-electron chi connectivity index (χ4n) is 4.26. The van der Waals surface area contributed by atoms with Crippen LogP contribution in [-0.2, 0) is 26.1 Å². The number of esters is 1. The highest BCUT2D eigenvalue weighted by Crippen LogP contribution is 2.33. The topological polar surface area (TPSA) is 79.7 Å². The van der Waals surface area contributed by atoms with E-state index in [1.807, 2.05) is 64.5 Å². The van der Waals surface area contributed by atoms with Crippen LogP contribution in [0, 0.1) is 12.8 Å². The molecule has 1 fully saturated rings. The summed E-state index contributed by atoms with van der Waals surface area (Å²) in [6.45, 7) is 9.26. The van der Waals surface area contributed by atoms with E-state index in [9.17, 15) is 9.59 Å². The van der Waals surface area contributed by atoms with Gasteiger partial charge in [-0.15, -0.1) is 0 Å². The van der Waals surface area contributed by atoms with Crippen molar-refractivity contribution in [3.05, 3.63) is 47.3 Å². The number of carbonyl (C=O) groups excluding carboxylic acids is 2. The standard InChI is InChI=1S/C25H30N2O5/c1-14-10-11-19(28)23-20(31-25(4,5)32-23)9-7-8-17-21(24(29)30-16(14)3)15(2)12-18-22(17)26-13-27(18)6/h7-8,10-14,16,20,23H,9H2,1-6H3/b8-7+,11-10-/t14-,16+,20+,23-/m1/s1. The van der Waals surface area contributed by atoms with E-state index in [0.717, 1.165) is 16.6 Å². The summed E-state index contributed by atoms with van der Waals surface area (Å²) in [5.74, 6) is -1.55. The van der Waals surface area contributed by atoms with Gasteiger partial charge in [-0.3, -0.25) is 4.79 Å². The second-order valence-electron chi connectivity index (χ2n) is 9.17. The Balaban J connectivity index is 1.83. The average Bonchev–Trinajstić information content (AvgIpc) is 3.23. The SMILES string of the molecule is Cc1cc2c(ncn2C)c2c1C(=O)O[C@@H](C)[C@H](C)/C=C\C(=O)[C@H]1OC(C)(C)O[C@H]1C/C=C/2. The van der Waals surface area contributed by atoms with E-state index in [0.29, 0.717) is 17.5 Å². The van der Waals surface area contributed by atoms with Gasteiger partial charge in [0.05, 0.1) is 29.0 Å². The lowest BCUT2D eigenvalue weighted by Gasteiger charge is -2.20. The van der Waals surface area contributed by atoms with Crippen molar-refractivity contribution in [3.63, 3.8) is 0 Å². The van der Waals surface area contributed by atoms with Crippen LogP contribution in [0.5, 0.6) is 0 Å². The van der Waals surface area contributed by atoms with Crippen LogP contribution in [0.4, 0.5) is 0 Å². The van der Waals surface area contributed by atoms with E-state index < -0.39 is 30.1 Å². The minimum Gasteiger partial charge on any atom is -0.458 e. The minimum absolute atomic E-state index is 0.153. The Labute approximate surface area is 188 Å². The molecule has 3 heterocycles. The smallest absolute Gasteiger partial charge is 0.339 e. The molecule has 2 aliphatic rings. The average molecular weight is 439 g/mol. The van der Waals surface area contributed by atoms with Crippen LogP contribution in [0.2, 0.25) is 0 Å². The number of ether oxygens (including phenoxy) is 3. The van der Waals surface area contributed by atoms with Gasteiger partial charge < -0.3 is 18.8 Å². The molecule has 1 aromatic heterocycles. The lowest BCUT2D eigenvalue weighted by molar-refractivity contribution is -0.152. The van der Waals surface area contributed by atoms with Crippen LogP contribution in [-0.4, -0.2) is 45.4 Å². The second-order valence-corrected chi connectivity index (χ2v) is 9.17. The number of hydrogen-bond acceptors (Lipinski definition) is 6. The highest BCUT2D eigenvalue weighted by atomic mass is 16.8. The Kier molecular flexibility index (Phi) is 5.81. The van der Waals surface area contributed by atoms with Gasteiger partial charge in [0, 0.05) is 18.5 Å². The first-order valence-corrected chi connectivity index (χ1v) is 11.0. The monoisotopic (exact) mass is 438 g/mol. The van der Waals surface area contributed by atoms with Crippen molar-refractivity contribution in [2.45, 2.75) is 65.1 Å². The van der Waals surface area contributed by atoms with E-state index >= 15 is 0 Å². The van der Waals surface area contributed by atoms with E-state index in [1.165, 1.54) is 6.08 Å². The van der Waals surface area contributed by atoms with Gasteiger partial charge >= 0.3 is 5.97 Å². The first kappa shape index (κ1) is 22.4. The van der Waals surface area contributed by atoms with Crippen molar-refractivity contribution < 1.29 is 23.8 Å². The molecule has 4 atom stereocenters. The van der Waals surface area contributed by atoms with Crippen molar-refractivity contribution in [2.24, 2.45) is 13.0 Å². The molecule has 0 unspecified atom stereocenters. The summed E-state index contributed by atoms with van der Waals surface area (Å²) in [4.78, 5) is 30.6. The molecule has 32 heavy (non-hydrogen) atoms. The summed E-state index contributed by atoms with van der Waals surface area (Å²) < 4.78 is 19.6. The lowest BCUT2D eigenvalue weighted by atomic mass is 9.97. The van der Waals surface area contributed by atoms with Crippen LogP contribution >= 0.6 is 0 Å². The molecule has 4 rings (SSSR count). The van der Waals surface area contributed by atoms with Gasteiger partial charge in [-0.2, -0.15) is 0 Å². The van der Waals surface area contributed by atoms with Crippen molar-refractivity contribution in [1.29, 1.82) is 0 Å². The zero-order valence-electron chi connectivity index (χ0n) is 19.4. The molecule has 0 N–H and O–H groups in total. The molecule has 7 heteroatoms. The van der Waals surface area contributed by atoms with Crippen molar-refractivity contribution in [2.75, 3.05) is 0 Å². The fraction of sp³-hybridized carbons (Fsp3) is 0.480. The number of hydrogen-bond donors (Lipinski definition) is 0. The number of benzene rings is 1. The quantitative estimate of drug-likeness (QED) is 0.576. The largest absolute Gasteiger partial charge is 0.458 e. The third-order valence-electron chi connectivity index (χ3n) is 6.17. The molecule has 1 saturated heterocycles. The Morgan fingerprint density at radius 3 is 2.66 bits per heavy atom. The number of nitrogens with zero attached hydrogens (tertiary/aromatic N) is 2. The van der Waals surface area contributed by atoms with Gasteiger partial charge in [-0.1, -0.05) is 25.2 Å². The van der Waals surface area contributed by atoms with Crippen LogP contribution in [0.3, 0.4) is 0 Å². The van der Waals surface area contributed by atoms with Crippen LogP contribution in [0.1, 0.15) is 55.6 Å². The normalized spacial score (nSPS) is 30.3. The molecule has 0 amide bonds. The number of cyclic esters (lactones) is 1. The summed E-state index contributed by atoms with van der Waals surface area (Å²) in [6, 6.07) is 1.96. The van der Waals surface area contributed by atoms with E-state index in [4.69, 9.17) is 14.2 Å². The number of ketones is 1. The maximum atomic E-state index is 13.2. The lowest BCUT2D eigenvalue weighted by Crippen LogP contribution is -2.30. The van der Waals surface area contributed by atoms with Crippen LogP contribution < -0.4 is 0 Å². The van der Waals surface area contributed by atoms with E-state index in [-0.39, 0.29) is 11.7 Å². The van der Waals surface area contributed by atoms with Gasteiger partial charge in [0.15, 0.2) is 11.6 Å². The molecule has 0 radical (unpaired) electrons. The number of rotatable bonds is 0. The van der Waals surface area contributed by atoms with Gasteiger partial charge in [0.2, 0.25) is 0 Å². The van der Waals surface area contributed by atoms with Crippen LogP contribution in [0.25, 0.3) is 17.1 Å². The molecule has 2 aromatic rings. The molecule has 0 spiro atoms. The van der Waals surface area contributed by atoms with E-state index in [2.05, 4.69) is 4.98 Å². The van der Waals surface area contributed by atoms with Gasteiger partial charge in [-0.05, 0) is 51.8 Å². The number of fused-ring (bicyclic) bond motifs is 4. The summed E-state index contributed by atoms with van der Waals surface area (Å²) in [6.07, 6.45) is 7.73. The van der Waals surface area contributed by atoms with Crippen molar-refractivity contribution in [1.82, 2.24) is 9.55 Å². The first-order chi connectivity index (χ1) is 15.1. The predicted octanol–water partition coefficient (Wildman–Crippen LogP) is 4.13. The molecule has 1 aromatic carbocycles. The van der Waals surface area contributed by atoms with Crippen molar-refractivity contribution in [3.8, 4) is 0 Å². The molecule has 0 aliphatic carbocycles. The highest BCUT2D eigenvalue weighted by Gasteiger charge is 2.43. The Bertz CT molecular complexity index is 1130. The molecular formula is C25H30N2O5. The fourth-order valence-corrected chi connectivity index (χ4v) is 4.26. The summed E-state index contributed by atoms with van der Waals surface area (Å²) in [7, 11) is 1.92. The van der Waals surface area contributed by atoms with Gasteiger partial charge in [0.1, 0.15) is 12.2 Å².